The number of aryl methyl sites for hydroxylation is 1. The highest BCUT2D eigenvalue weighted by molar-refractivity contribution is 5.79. The molecule has 0 aliphatic carbocycles. The Bertz CT molecular complexity index is 903. The minimum absolute atomic E-state index is 0.845. The fourth-order valence-electron chi connectivity index (χ4n) is 2.43. The summed E-state index contributed by atoms with van der Waals surface area (Å²) < 4.78 is 1.85. The summed E-state index contributed by atoms with van der Waals surface area (Å²) in [5, 5.41) is 4.41. The van der Waals surface area contributed by atoms with Crippen molar-refractivity contribution in [2.24, 2.45) is 0 Å². The van der Waals surface area contributed by atoms with Crippen molar-refractivity contribution in [3.63, 3.8) is 0 Å². The zero-order chi connectivity index (χ0) is 14.2. The van der Waals surface area contributed by atoms with Gasteiger partial charge in [-0.3, -0.25) is 0 Å². The van der Waals surface area contributed by atoms with Gasteiger partial charge in [0.2, 0.25) is 0 Å². The van der Waals surface area contributed by atoms with E-state index in [4.69, 9.17) is 0 Å². The molecular weight excluding hydrogens is 260 g/mol. The largest absolute Gasteiger partial charge is 0.338 e. The first-order chi connectivity index (χ1) is 10.3. The van der Waals surface area contributed by atoms with Crippen LogP contribution in [0.5, 0.6) is 0 Å². The van der Waals surface area contributed by atoms with E-state index in [1.54, 1.807) is 0 Å². The Morgan fingerprint density at radius 3 is 2.76 bits per heavy atom. The fourth-order valence-corrected chi connectivity index (χ4v) is 2.43. The smallest absolute Gasteiger partial charge is 0.141 e. The molecule has 0 fully saturated rings. The van der Waals surface area contributed by atoms with Crippen LogP contribution in [0.25, 0.3) is 28.1 Å². The molecule has 2 aromatic heterocycles. The lowest BCUT2D eigenvalue weighted by molar-refractivity contribution is 0.880. The molecule has 0 aliphatic rings. The van der Waals surface area contributed by atoms with Crippen molar-refractivity contribution in [2.45, 2.75) is 6.92 Å². The lowest BCUT2D eigenvalue weighted by atomic mass is 10.2. The van der Waals surface area contributed by atoms with E-state index in [-0.39, 0.29) is 0 Å². The summed E-state index contributed by atoms with van der Waals surface area (Å²) in [4.78, 5) is 7.98. The summed E-state index contributed by atoms with van der Waals surface area (Å²) in [6.45, 7) is 2.08. The number of benzene rings is 2. The van der Waals surface area contributed by atoms with Gasteiger partial charge >= 0.3 is 0 Å². The Hall–Kier alpha value is -2.88. The van der Waals surface area contributed by atoms with Crippen LogP contribution >= 0.6 is 0 Å². The number of imidazole rings is 1. The van der Waals surface area contributed by atoms with Crippen LogP contribution in [0.15, 0.2) is 60.9 Å². The molecule has 4 heteroatoms. The zero-order valence-electron chi connectivity index (χ0n) is 11.6. The molecule has 2 aromatic carbocycles. The Labute approximate surface area is 122 Å². The molecule has 0 unspecified atom stereocenters. The third-order valence-electron chi connectivity index (χ3n) is 3.51. The van der Waals surface area contributed by atoms with Crippen LogP contribution < -0.4 is 0 Å². The molecule has 102 valence electrons. The summed E-state index contributed by atoms with van der Waals surface area (Å²) in [5.41, 5.74) is 5.27. The third kappa shape index (κ3) is 2.10. The normalized spacial score (nSPS) is 11.1. The van der Waals surface area contributed by atoms with Crippen LogP contribution in [0.1, 0.15) is 5.56 Å². The molecule has 0 spiro atoms. The molecule has 0 aliphatic heterocycles. The highest BCUT2D eigenvalue weighted by Crippen LogP contribution is 2.21. The van der Waals surface area contributed by atoms with Gasteiger partial charge in [0, 0.05) is 6.20 Å². The van der Waals surface area contributed by atoms with E-state index < -0.39 is 0 Å². The number of nitrogens with one attached hydrogen (secondary N) is 1. The van der Waals surface area contributed by atoms with E-state index in [0.29, 0.717) is 0 Å². The molecule has 2 heterocycles. The number of hydrogen-bond donors (Lipinski definition) is 1. The quantitative estimate of drug-likeness (QED) is 0.605. The SMILES string of the molecule is Cc1ccc2nc(-c3cnn(-c4ccccc4)c3)[nH]c2c1. The van der Waals surface area contributed by atoms with Gasteiger partial charge in [-0.1, -0.05) is 24.3 Å². The monoisotopic (exact) mass is 274 g/mol. The molecule has 0 amide bonds. The van der Waals surface area contributed by atoms with Gasteiger partial charge in [-0.15, -0.1) is 0 Å². The topological polar surface area (TPSA) is 46.5 Å². The van der Waals surface area contributed by atoms with E-state index >= 15 is 0 Å². The minimum atomic E-state index is 0.845. The molecule has 4 nitrogen and oxygen atoms in total. The number of aromatic nitrogens is 4. The van der Waals surface area contributed by atoms with Crippen molar-refractivity contribution < 1.29 is 0 Å². The maximum absolute atomic E-state index is 4.62. The summed E-state index contributed by atoms with van der Waals surface area (Å²) in [5.74, 6) is 0.845. The first-order valence-corrected chi connectivity index (χ1v) is 6.86. The van der Waals surface area contributed by atoms with Crippen molar-refractivity contribution in [3.05, 3.63) is 66.5 Å². The van der Waals surface area contributed by atoms with Gasteiger partial charge < -0.3 is 4.98 Å². The summed E-state index contributed by atoms with van der Waals surface area (Å²) in [6, 6.07) is 16.3. The second-order valence-corrected chi connectivity index (χ2v) is 5.12. The molecule has 4 rings (SSSR count). The lowest BCUT2D eigenvalue weighted by Gasteiger charge is -1.98. The molecule has 0 saturated carbocycles. The van der Waals surface area contributed by atoms with E-state index in [0.717, 1.165) is 28.1 Å². The average molecular weight is 274 g/mol. The minimum Gasteiger partial charge on any atom is -0.338 e. The van der Waals surface area contributed by atoms with Gasteiger partial charge in [0.05, 0.1) is 28.5 Å². The molecule has 4 aromatic rings. The Morgan fingerprint density at radius 1 is 1.05 bits per heavy atom. The molecule has 1 N–H and O–H groups in total. The van der Waals surface area contributed by atoms with Crippen LogP contribution in [-0.4, -0.2) is 19.7 Å². The van der Waals surface area contributed by atoms with Gasteiger partial charge in [0.25, 0.3) is 0 Å². The number of fused-ring (bicyclic) bond motifs is 1. The van der Waals surface area contributed by atoms with E-state index in [9.17, 15) is 0 Å². The first-order valence-electron chi connectivity index (χ1n) is 6.86. The zero-order valence-corrected chi connectivity index (χ0v) is 11.6. The number of hydrogen-bond acceptors (Lipinski definition) is 2. The van der Waals surface area contributed by atoms with Crippen molar-refractivity contribution >= 4 is 11.0 Å². The Morgan fingerprint density at radius 2 is 1.90 bits per heavy atom. The molecule has 0 atom stereocenters. The van der Waals surface area contributed by atoms with Crippen molar-refractivity contribution in [2.75, 3.05) is 0 Å². The van der Waals surface area contributed by atoms with Crippen LogP contribution in [-0.2, 0) is 0 Å². The number of H-pyrrole nitrogens is 1. The van der Waals surface area contributed by atoms with Gasteiger partial charge in [-0.2, -0.15) is 5.10 Å². The summed E-state index contributed by atoms with van der Waals surface area (Å²) in [6.07, 6.45) is 3.82. The van der Waals surface area contributed by atoms with E-state index in [2.05, 4.69) is 34.1 Å². The maximum atomic E-state index is 4.62. The fraction of sp³-hybridized carbons (Fsp3) is 0.0588. The van der Waals surface area contributed by atoms with Gasteiger partial charge in [-0.05, 0) is 36.8 Å². The van der Waals surface area contributed by atoms with Crippen molar-refractivity contribution in [1.29, 1.82) is 0 Å². The predicted molar refractivity (Wildman–Crippen MR) is 83.4 cm³/mol. The van der Waals surface area contributed by atoms with Gasteiger partial charge in [-0.25, -0.2) is 9.67 Å². The third-order valence-corrected chi connectivity index (χ3v) is 3.51. The molecular formula is C17H14N4. The summed E-state index contributed by atoms with van der Waals surface area (Å²) >= 11 is 0. The van der Waals surface area contributed by atoms with Gasteiger partial charge in [0.1, 0.15) is 5.82 Å². The lowest BCUT2D eigenvalue weighted by Crippen LogP contribution is -1.92. The number of aromatic amines is 1. The molecule has 0 saturated heterocycles. The molecule has 0 radical (unpaired) electrons. The highest BCUT2D eigenvalue weighted by atomic mass is 15.3. The standard InChI is InChI=1S/C17H14N4/c1-12-7-8-15-16(9-12)20-17(19-15)13-10-18-21(11-13)14-5-3-2-4-6-14/h2-11H,1H3,(H,19,20). The summed E-state index contributed by atoms with van der Waals surface area (Å²) in [7, 11) is 0. The molecule has 21 heavy (non-hydrogen) atoms. The van der Waals surface area contributed by atoms with Crippen LogP contribution in [0.3, 0.4) is 0 Å². The first kappa shape index (κ1) is 11.9. The Balaban J connectivity index is 1.77. The maximum Gasteiger partial charge on any atom is 0.141 e. The highest BCUT2D eigenvalue weighted by Gasteiger charge is 2.08. The van der Waals surface area contributed by atoms with Crippen LogP contribution in [0.2, 0.25) is 0 Å². The van der Waals surface area contributed by atoms with Crippen molar-refractivity contribution in [3.8, 4) is 17.1 Å². The van der Waals surface area contributed by atoms with E-state index in [1.165, 1.54) is 5.56 Å². The Kier molecular flexibility index (Phi) is 2.60. The number of rotatable bonds is 2. The number of nitrogens with zero attached hydrogens (tertiary/aromatic N) is 3. The van der Waals surface area contributed by atoms with Crippen LogP contribution in [0, 0.1) is 6.92 Å². The number of para-hydroxylation sites is 1. The van der Waals surface area contributed by atoms with Crippen molar-refractivity contribution in [1.82, 2.24) is 19.7 Å². The van der Waals surface area contributed by atoms with E-state index in [1.807, 2.05) is 53.5 Å². The second kappa shape index (κ2) is 4.59. The second-order valence-electron chi connectivity index (χ2n) is 5.12. The van der Waals surface area contributed by atoms with Gasteiger partial charge in [0.15, 0.2) is 0 Å². The van der Waals surface area contributed by atoms with Crippen LogP contribution in [0.4, 0.5) is 0 Å². The molecule has 0 bridgehead atoms. The predicted octanol–water partition coefficient (Wildman–Crippen LogP) is 3.72. The average Bonchev–Trinajstić information content (AvgIpc) is 3.14.